The van der Waals surface area contributed by atoms with Crippen molar-refractivity contribution in [3.63, 3.8) is 0 Å². The summed E-state index contributed by atoms with van der Waals surface area (Å²) < 4.78 is 103. The number of hydrogen-bond acceptors (Lipinski definition) is 2. The summed E-state index contributed by atoms with van der Waals surface area (Å²) >= 11 is 5.73. The van der Waals surface area contributed by atoms with Crippen LogP contribution < -0.4 is 0 Å². The lowest BCUT2D eigenvalue weighted by Crippen LogP contribution is -2.51. The highest BCUT2D eigenvalue weighted by molar-refractivity contribution is 7.89. The van der Waals surface area contributed by atoms with Gasteiger partial charge in [0.1, 0.15) is 4.90 Å². The number of rotatable bonds is 2. The molecule has 2 atom stereocenters. The molecule has 1 aromatic rings. The highest BCUT2D eigenvalue weighted by atomic mass is 35.5. The average molecular weight is 396 g/mol. The van der Waals surface area contributed by atoms with Crippen LogP contribution in [0.25, 0.3) is 0 Å². The Bertz CT molecular complexity index is 681. The zero-order valence-electron chi connectivity index (χ0n) is 11.9. The highest BCUT2D eigenvalue weighted by Crippen LogP contribution is 2.43. The minimum Gasteiger partial charge on any atom is -0.207 e. The fourth-order valence-electron chi connectivity index (χ4n) is 2.52. The standard InChI is InChI=1S/C13H12ClF6NO2S/c14-10-3-1-2-4-11(10)24(22,23)21-6-8(12(15,16)17)5-9(7-21)13(18,19)20/h1-4,8-9H,5-7H2/t8-,9-/m1/s1. The van der Waals surface area contributed by atoms with Crippen LogP contribution in [0.2, 0.25) is 5.02 Å². The molecule has 1 aliphatic heterocycles. The predicted molar refractivity (Wildman–Crippen MR) is 73.9 cm³/mol. The zero-order chi connectivity index (χ0) is 18.3. The third-order valence-electron chi connectivity index (χ3n) is 3.80. The Morgan fingerprint density at radius 1 is 0.958 bits per heavy atom. The smallest absolute Gasteiger partial charge is 0.207 e. The van der Waals surface area contributed by atoms with E-state index in [1.54, 1.807) is 0 Å². The van der Waals surface area contributed by atoms with E-state index in [-0.39, 0.29) is 9.33 Å². The molecule has 1 saturated heterocycles. The summed E-state index contributed by atoms with van der Waals surface area (Å²) in [5.74, 6) is -4.79. The van der Waals surface area contributed by atoms with Crippen LogP contribution in [0.5, 0.6) is 0 Å². The quantitative estimate of drug-likeness (QED) is 0.707. The fourth-order valence-corrected chi connectivity index (χ4v) is 4.55. The van der Waals surface area contributed by atoms with E-state index in [1.807, 2.05) is 0 Å². The van der Waals surface area contributed by atoms with Gasteiger partial charge in [-0.15, -0.1) is 0 Å². The minimum atomic E-state index is -4.93. The molecule has 1 aromatic carbocycles. The molecule has 3 nitrogen and oxygen atoms in total. The molecule has 136 valence electrons. The number of benzene rings is 1. The Morgan fingerprint density at radius 3 is 1.83 bits per heavy atom. The number of piperidine rings is 1. The fraction of sp³-hybridized carbons (Fsp3) is 0.538. The molecule has 11 heteroatoms. The molecule has 24 heavy (non-hydrogen) atoms. The van der Waals surface area contributed by atoms with E-state index in [1.165, 1.54) is 18.2 Å². The molecule has 0 spiro atoms. The van der Waals surface area contributed by atoms with Gasteiger partial charge in [-0.2, -0.15) is 30.6 Å². The lowest BCUT2D eigenvalue weighted by atomic mass is 9.89. The molecule has 1 aliphatic rings. The largest absolute Gasteiger partial charge is 0.393 e. The number of hydrogen-bond donors (Lipinski definition) is 0. The predicted octanol–water partition coefficient (Wildman–Crippen LogP) is 4.09. The summed E-state index contributed by atoms with van der Waals surface area (Å²) in [7, 11) is -4.58. The van der Waals surface area contributed by atoms with Gasteiger partial charge < -0.3 is 0 Å². The van der Waals surface area contributed by atoms with Crippen LogP contribution in [0.3, 0.4) is 0 Å². The van der Waals surface area contributed by atoms with Crippen LogP contribution in [0.4, 0.5) is 26.3 Å². The van der Waals surface area contributed by atoms with Crippen molar-refractivity contribution in [1.82, 2.24) is 4.31 Å². The molecule has 2 rings (SSSR count). The first-order chi connectivity index (χ1) is 10.8. The van der Waals surface area contributed by atoms with E-state index in [9.17, 15) is 34.8 Å². The van der Waals surface area contributed by atoms with Crippen molar-refractivity contribution in [3.8, 4) is 0 Å². The van der Waals surface area contributed by atoms with Gasteiger partial charge in [0.25, 0.3) is 0 Å². The van der Waals surface area contributed by atoms with Crippen molar-refractivity contribution in [2.75, 3.05) is 13.1 Å². The average Bonchev–Trinajstić information content (AvgIpc) is 2.45. The van der Waals surface area contributed by atoms with Crippen molar-refractivity contribution >= 4 is 21.6 Å². The molecule has 0 bridgehead atoms. The summed E-state index contributed by atoms with van der Waals surface area (Å²) in [5.41, 5.74) is 0. The van der Waals surface area contributed by atoms with Crippen molar-refractivity contribution in [1.29, 1.82) is 0 Å². The van der Waals surface area contributed by atoms with Crippen LogP contribution in [0.15, 0.2) is 29.2 Å². The zero-order valence-corrected chi connectivity index (χ0v) is 13.5. The van der Waals surface area contributed by atoms with Gasteiger partial charge in [-0.25, -0.2) is 8.42 Å². The number of sulfonamides is 1. The van der Waals surface area contributed by atoms with E-state index in [4.69, 9.17) is 11.6 Å². The van der Waals surface area contributed by atoms with Gasteiger partial charge in [-0.05, 0) is 18.6 Å². The third kappa shape index (κ3) is 3.97. The van der Waals surface area contributed by atoms with Gasteiger partial charge in [0.05, 0.1) is 16.9 Å². The van der Waals surface area contributed by atoms with Gasteiger partial charge in [-0.3, -0.25) is 0 Å². The number of halogens is 7. The SMILES string of the molecule is O=S(=O)(c1ccccc1Cl)N1C[C@H](C(F)(F)F)C[C@@H](C(F)(F)F)C1. The molecule has 0 N–H and O–H groups in total. The Kier molecular flexibility index (Phi) is 5.14. The Hall–Kier alpha value is -1.00. The maximum atomic E-state index is 12.9. The second-order valence-electron chi connectivity index (χ2n) is 5.47. The molecule has 0 saturated carbocycles. The van der Waals surface area contributed by atoms with E-state index in [2.05, 4.69) is 0 Å². The van der Waals surface area contributed by atoms with Gasteiger partial charge in [0.2, 0.25) is 10.0 Å². The number of alkyl halides is 6. The van der Waals surface area contributed by atoms with E-state index in [0.29, 0.717) is 0 Å². The first-order valence-electron chi connectivity index (χ1n) is 6.71. The molecule has 0 radical (unpaired) electrons. The Balaban J connectivity index is 2.42. The van der Waals surface area contributed by atoms with Crippen molar-refractivity contribution in [2.24, 2.45) is 11.8 Å². The lowest BCUT2D eigenvalue weighted by Gasteiger charge is -2.38. The summed E-state index contributed by atoms with van der Waals surface area (Å²) in [6, 6.07) is 4.91. The van der Waals surface area contributed by atoms with Crippen molar-refractivity contribution in [2.45, 2.75) is 23.7 Å². The van der Waals surface area contributed by atoms with E-state index >= 15 is 0 Å². The second kappa shape index (κ2) is 6.38. The topological polar surface area (TPSA) is 37.4 Å². The van der Waals surface area contributed by atoms with Crippen LogP contribution >= 0.6 is 11.6 Å². The third-order valence-corrected chi connectivity index (χ3v) is 6.13. The summed E-state index contributed by atoms with van der Waals surface area (Å²) in [5, 5.41) is -0.268. The molecular weight excluding hydrogens is 384 g/mol. The summed E-state index contributed by atoms with van der Waals surface area (Å²) in [6.07, 6.45) is -11.1. The molecule has 1 fully saturated rings. The number of nitrogens with zero attached hydrogens (tertiary/aromatic N) is 1. The van der Waals surface area contributed by atoms with E-state index < -0.39 is 58.6 Å². The molecule has 0 unspecified atom stereocenters. The van der Waals surface area contributed by atoms with Gasteiger partial charge in [-0.1, -0.05) is 23.7 Å². The molecule has 0 amide bonds. The second-order valence-corrected chi connectivity index (χ2v) is 7.78. The molecule has 0 aliphatic carbocycles. The Labute approximate surface area is 139 Å². The summed E-state index contributed by atoms with van der Waals surface area (Å²) in [4.78, 5) is -0.518. The molecule has 0 aromatic heterocycles. The molecular formula is C13H12ClF6NO2S. The molecule has 1 heterocycles. The van der Waals surface area contributed by atoms with E-state index in [0.717, 1.165) is 6.07 Å². The van der Waals surface area contributed by atoms with Crippen LogP contribution in [0.1, 0.15) is 6.42 Å². The van der Waals surface area contributed by atoms with Gasteiger partial charge in [0.15, 0.2) is 0 Å². The lowest BCUT2D eigenvalue weighted by molar-refractivity contribution is -0.224. The van der Waals surface area contributed by atoms with Crippen LogP contribution in [-0.2, 0) is 10.0 Å². The van der Waals surface area contributed by atoms with Crippen LogP contribution in [0, 0.1) is 11.8 Å². The van der Waals surface area contributed by atoms with Crippen LogP contribution in [-0.4, -0.2) is 38.2 Å². The minimum absolute atomic E-state index is 0.216. The van der Waals surface area contributed by atoms with Gasteiger partial charge in [0, 0.05) is 13.1 Å². The first kappa shape index (κ1) is 19.3. The van der Waals surface area contributed by atoms with Crippen molar-refractivity contribution in [3.05, 3.63) is 29.3 Å². The monoisotopic (exact) mass is 395 g/mol. The maximum Gasteiger partial charge on any atom is 0.393 e. The maximum absolute atomic E-state index is 12.9. The normalized spacial score (nSPS) is 24.1. The van der Waals surface area contributed by atoms with Crippen molar-refractivity contribution < 1.29 is 34.8 Å². The summed E-state index contributed by atoms with van der Waals surface area (Å²) in [6.45, 7) is -2.13. The Morgan fingerprint density at radius 2 is 1.42 bits per heavy atom. The first-order valence-corrected chi connectivity index (χ1v) is 8.53. The van der Waals surface area contributed by atoms with Gasteiger partial charge >= 0.3 is 12.4 Å². The highest BCUT2D eigenvalue weighted by Gasteiger charge is 2.53.